The molecule has 2 fully saturated rings. The SMILES string of the molecule is O=C(c1cnc(C2CC2)nc1)N1CCO[C@@H](C(F)(F)F)C1. The van der Waals surface area contributed by atoms with Crippen molar-refractivity contribution in [1.29, 1.82) is 0 Å². The van der Waals surface area contributed by atoms with Gasteiger partial charge >= 0.3 is 6.18 Å². The Morgan fingerprint density at radius 3 is 2.52 bits per heavy atom. The number of amides is 1. The molecule has 0 aromatic carbocycles. The number of alkyl halides is 3. The fourth-order valence-corrected chi connectivity index (χ4v) is 2.22. The zero-order valence-corrected chi connectivity index (χ0v) is 11.1. The number of nitrogens with zero attached hydrogens (tertiary/aromatic N) is 3. The molecule has 1 saturated carbocycles. The molecule has 21 heavy (non-hydrogen) atoms. The molecule has 0 spiro atoms. The van der Waals surface area contributed by atoms with Gasteiger partial charge in [0.1, 0.15) is 5.82 Å². The van der Waals surface area contributed by atoms with Gasteiger partial charge in [0.2, 0.25) is 0 Å². The predicted molar refractivity (Wildman–Crippen MR) is 65.7 cm³/mol. The Morgan fingerprint density at radius 1 is 1.29 bits per heavy atom. The van der Waals surface area contributed by atoms with Gasteiger partial charge < -0.3 is 9.64 Å². The van der Waals surface area contributed by atoms with Crippen LogP contribution in [0.3, 0.4) is 0 Å². The lowest BCUT2D eigenvalue weighted by atomic mass is 10.2. The minimum absolute atomic E-state index is 0.128. The van der Waals surface area contributed by atoms with E-state index in [0.29, 0.717) is 11.7 Å². The zero-order valence-electron chi connectivity index (χ0n) is 11.1. The van der Waals surface area contributed by atoms with Crippen molar-refractivity contribution in [2.45, 2.75) is 31.0 Å². The number of ether oxygens (including phenoxy) is 1. The molecule has 1 saturated heterocycles. The van der Waals surface area contributed by atoms with Gasteiger partial charge in [0.15, 0.2) is 6.10 Å². The lowest BCUT2D eigenvalue weighted by Crippen LogP contribution is -2.51. The van der Waals surface area contributed by atoms with Crippen molar-refractivity contribution < 1.29 is 22.7 Å². The standard InChI is InChI=1S/C13H14F3N3O2/c14-13(15,16)10-7-19(3-4-21-10)12(20)9-5-17-11(18-6-9)8-1-2-8/h5-6,8,10H,1-4,7H2/t10-/m1/s1. The van der Waals surface area contributed by atoms with Crippen LogP contribution in [0, 0.1) is 0 Å². The maximum Gasteiger partial charge on any atom is 0.416 e. The van der Waals surface area contributed by atoms with Crippen molar-refractivity contribution in [3.05, 3.63) is 23.8 Å². The van der Waals surface area contributed by atoms with Crippen LogP contribution in [-0.4, -0.2) is 52.8 Å². The Balaban J connectivity index is 1.69. The van der Waals surface area contributed by atoms with E-state index in [1.807, 2.05) is 0 Å². The van der Waals surface area contributed by atoms with Crippen LogP contribution in [0.2, 0.25) is 0 Å². The fourth-order valence-electron chi connectivity index (χ4n) is 2.22. The molecular formula is C13H14F3N3O2. The summed E-state index contributed by atoms with van der Waals surface area (Å²) < 4.78 is 42.6. The van der Waals surface area contributed by atoms with Crippen LogP contribution in [0.15, 0.2) is 12.4 Å². The van der Waals surface area contributed by atoms with E-state index in [2.05, 4.69) is 14.7 Å². The monoisotopic (exact) mass is 301 g/mol. The normalized spacial score (nSPS) is 23.2. The highest BCUT2D eigenvalue weighted by molar-refractivity contribution is 5.93. The molecule has 1 amide bonds. The highest BCUT2D eigenvalue weighted by Gasteiger charge is 2.44. The summed E-state index contributed by atoms with van der Waals surface area (Å²) in [6.07, 6.45) is -1.52. The van der Waals surface area contributed by atoms with E-state index < -0.39 is 24.7 Å². The van der Waals surface area contributed by atoms with Crippen molar-refractivity contribution in [3.63, 3.8) is 0 Å². The van der Waals surface area contributed by atoms with Crippen molar-refractivity contribution in [3.8, 4) is 0 Å². The van der Waals surface area contributed by atoms with E-state index in [1.54, 1.807) is 0 Å². The van der Waals surface area contributed by atoms with Crippen molar-refractivity contribution in [2.75, 3.05) is 19.7 Å². The summed E-state index contributed by atoms with van der Waals surface area (Å²) >= 11 is 0. The summed E-state index contributed by atoms with van der Waals surface area (Å²) in [4.78, 5) is 21.6. The Hall–Kier alpha value is -1.70. The van der Waals surface area contributed by atoms with E-state index in [-0.39, 0.29) is 18.7 Å². The molecule has 0 bridgehead atoms. The lowest BCUT2D eigenvalue weighted by Gasteiger charge is -2.33. The molecule has 0 unspecified atom stereocenters. The molecule has 0 radical (unpaired) electrons. The molecule has 114 valence electrons. The van der Waals surface area contributed by atoms with Gasteiger partial charge in [-0.25, -0.2) is 9.97 Å². The van der Waals surface area contributed by atoms with Crippen molar-refractivity contribution in [2.24, 2.45) is 0 Å². The van der Waals surface area contributed by atoms with Crippen LogP contribution in [0.5, 0.6) is 0 Å². The highest BCUT2D eigenvalue weighted by atomic mass is 19.4. The van der Waals surface area contributed by atoms with E-state index in [1.165, 1.54) is 12.4 Å². The third-order valence-electron chi connectivity index (χ3n) is 3.58. The molecule has 2 heterocycles. The molecule has 2 aliphatic rings. The third kappa shape index (κ3) is 3.15. The summed E-state index contributed by atoms with van der Waals surface area (Å²) in [6, 6.07) is 0. The van der Waals surface area contributed by atoms with Crippen molar-refractivity contribution >= 4 is 5.91 Å². The first-order valence-corrected chi connectivity index (χ1v) is 6.74. The summed E-state index contributed by atoms with van der Waals surface area (Å²) in [6.45, 7) is -0.487. The summed E-state index contributed by atoms with van der Waals surface area (Å²) in [5.41, 5.74) is 0.210. The maximum absolute atomic E-state index is 12.6. The van der Waals surface area contributed by atoms with Crippen LogP contribution in [0.1, 0.15) is 34.9 Å². The molecule has 1 aromatic rings. The van der Waals surface area contributed by atoms with Crippen LogP contribution in [0.25, 0.3) is 0 Å². The highest BCUT2D eigenvalue weighted by Crippen LogP contribution is 2.37. The molecule has 1 aromatic heterocycles. The van der Waals surface area contributed by atoms with Gasteiger partial charge in [-0.05, 0) is 12.8 Å². The number of hydrogen-bond donors (Lipinski definition) is 0. The quantitative estimate of drug-likeness (QED) is 0.835. The number of rotatable bonds is 2. The number of morpholine rings is 1. The largest absolute Gasteiger partial charge is 0.416 e. The average molecular weight is 301 g/mol. The van der Waals surface area contributed by atoms with Crippen molar-refractivity contribution in [1.82, 2.24) is 14.9 Å². The Bertz CT molecular complexity index is 528. The van der Waals surface area contributed by atoms with Gasteiger partial charge in [-0.15, -0.1) is 0 Å². The first-order valence-electron chi connectivity index (χ1n) is 6.74. The van der Waals surface area contributed by atoms with Gasteiger partial charge in [0.05, 0.1) is 18.7 Å². The van der Waals surface area contributed by atoms with Crippen LogP contribution in [-0.2, 0) is 4.74 Å². The van der Waals surface area contributed by atoms with Gasteiger partial charge in [-0.3, -0.25) is 4.79 Å². The molecule has 3 rings (SSSR count). The fraction of sp³-hybridized carbons (Fsp3) is 0.615. The zero-order chi connectivity index (χ0) is 15.0. The minimum Gasteiger partial charge on any atom is -0.365 e. The average Bonchev–Trinajstić information content (AvgIpc) is 3.31. The molecule has 0 N–H and O–H groups in total. The second-order valence-corrected chi connectivity index (χ2v) is 5.26. The number of carbonyl (C=O) groups is 1. The topological polar surface area (TPSA) is 55.3 Å². The van der Waals surface area contributed by atoms with Gasteiger partial charge in [-0.1, -0.05) is 0 Å². The van der Waals surface area contributed by atoms with Gasteiger partial charge in [0.25, 0.3) is 5.91 Å². The molecule has 5 nitrogen and oxygen atoms in total. The second kappa shape index (κ2) is 5.25. The van der Waals surface area contributed by atoms with E-state index >= 15 is 0 Å². The molecule has 1 aliphatic carbocycles. The Kier molecular flexibility index (Phi) is 3.56. The predicted octanol–water partition coefficient (Wildman–Crippen LogP) is 1.76. The minimum atomic E-state index is -4.47. The first-order chi connectivity index (χ1) is 9.95. The summed E-state index contributed by atoms with van der Waals surface area (Å²) in [5.74, 6) is 0.573. The van der Waals surface area contributed by atoms with Gasteiger partial charge in [0, 0.05) is 24.9 Å². The Morgan fingerprint density at radius 2 is 1.95 bits per heavy atom. The second-order valence-electron chi connectivity index (χ2n) is 5.26. The molecular weight excluding hydrogens is 287 g/mol. The van der Waals surface area contributed by atoms with E-state index in [9.17, 15) is 18.0 Å². The lowest BCUT2D eigenvalue weighted by molar-refractivity contribution is -0.233. The van der Waals surface area contributed by atoms with Crippen LogP contribution in [0.4, 0.5) is 13.2 Å². The van der Waals surface area contributed by atoms with E-state index in [4.69, 9.17) is 0 Å². The smallest absolute Gasteiger partial charge is 0.365 e. The molecule has 8 heteroatoms. The van der Waals surface area contributed by atoms with E-state index in [0.717, 1.165) is 17.7 Å². The number of carbonyl (C=O) groups excluding carboxylic acids is 1. The molecule has 1 aliphatic heterocycles. The molecule has 1 atom stereocenters. The number of halogens is 3. The van der Waals surface area contributed by atoms with Gasteiger partial charge in [-0.2, -0.15) is 13.2 Å². The van der Waals surface area contributed by atoms with Crippen LogP contribution < -0.4 is 0 Å². The summed E-state index contributed by atoms with van der Waals surface area (Å²) in [7, 11) is 0. The first kappa shape index (κ1) is 14.2. The number of hydrogen-bond acceptors (Lipinski definition) is 4. The number of aromatic nitrogens is 2. The maximum atomic E-state index is 12.6. The Labute approximate surface area is 119 Å². The van der Waals surface area contributed by atoms with Crippen LogP contribution >= 0.6 is 0 Å². The summed E-state index contributed by atoms with van der Waals surface area (Å²) in [5, 5.41) is 0. The third-order valence-corrected chi connectivity index (χ3v) is 3.58.